The first-order valence-corrected chi connectivity index (χ1v) is 6.98. The van der Waals surface area contributed by atoms with Crippen molar-refractivity contribution in [3.63, 3.8) is 0 Å². The molecule has 2 amide bonds. The standard InChI is InChI=1S/C15H23N3O3/c1-10(2)14(19)18-13(15(20)16-4)11(3)21-9-12-6-5-7-17-8-12/h5-8,10-11,13H,9H2,1-4H3,(H,16,20)(H,18,19). The summed E-state index contributed by atoms with van der Waals surface area (Å²) in [6.07, 6.45) is 2.94. The molecule has 0 aliphatic carbocycles. The monoisotopic (exact) mass is 293 g/mol. The summed E-state index contributed by atoms with van der Waals surface area (Å²) in [5, 5.41) is 5.25. The first-order chi connectivity index (χ1) is 9.95. The van der Waals surface area contributed by atoms with E-state index >= 15 is 0 Å². The van der Waals surface area contributed by atoms with E-state index in [1.54, 1.807) is 33.2 Å². The van der Waals surface area contributed by atoms with Crippen molar-refractivity contribution in [2.45, 2.75) is 39.5 Å². The Morgan fingerprint density at radius 3 is 2.52 bits per heavy atom. The maximum atomic E-state index is 11.9. The Morgan fingerprint density at radius 1 is 1.29 bits per heavy atom. The average molecular weight is 293 g/mol. The number of aromatic nitrogens is 1. The number of rotatable bonds is 7. The van der Waals surface area contributed by atoms with Gasteiger partial charge in [-0.05, 0) is 18.6 Å². The van der Waals surface area contributed by atoms with Gasteiger partial charge < -0.3 is 15.4 Å². The summed E-state index contributed by atoms with van der Waals surface area (Å²) in [4.78, 5) is 27.7. The van der Waals surface area contributed by atoms with Crippen LogP contribution in [0.25, 0.3) is 0 Å². The number of nitrogens with zero attached hydrogens (tertiary/aromatic N) is 1. The number of amides is 2. The van der Waals surface area contributed by atoms with Crippen molar-refractivity contribution in [3.05, 3.63) is 30.1 Å². The van der Waals surface area contributed by atoms with E-state index in [0.29, 0.717) is 6.61 Å². The highest BCUT2D eigenvalue weighted by Gasteiger charge is 2.27. The van der Waals surface area contributed by atoms with E-state index in [9.17, 15) is 9.59 Å². The molecule has 21 heavy (non-hydrogen) atoms. The minimum absolute atomic E-state index is 0.180. The van der Waals surface area contributed by atoms with Gasteiger partial charge in [0.1, 0.15) is 6.04 Å². The molecule has 116 valence electrons. The van der Waals surface area contributed by atoms with E-state index in [-0.39, 0.29) is 17.7 Å². The lowest BCUT2D eigenvalue weighted by Gasteiger charge is -2.24. The van der Waals surface area contributed by atoms with E-state index in [0.717, 1.165) is 5.56 Å². The van der Waals surface area contributed by atoms with Crippen molar-refractivity contribution < 1.29 is 14.3 Å². The molecule has 1 aromatic heterocycles. The van der Waals surface area contributed by atoms with Gasteiger partial charge in [0.05, 0.1) is 12.7 Å². The third kappa shape index (κ3) is 5.51. The second kappa shape index (κ2) is 8.36. The summed E-state index contributed by atoms with van der Waals surface area (Å²) in [5.41, 5.74) is 0.912. The quantitative estimate of drug-likeness (QED) is 0.782. The van der Waals surface area contributed by atoms with E-state index in [1.807, 2.05) is 12.1 Å². The Morgan fingerprint density at radius 2 is 2.00 bits per heavy atom. The number of nitrogens with one attached hydrogen (secondary N) is 2. The summed E-state index contributed by atoms with van der Waals surface area (Å²) in [6, 6.07) is 2.99. The molecule has 0 fully saturated rings. The molecule has 6 nitrogen and oxygen atoms in total. The molecular weight excluding hydrogens is 270 g/mol. The zero-order chi connectivity index (χ0) is 15.8. The summed E-state index contributed by atoms with van der Waals surface area (Å²) < 4.78 is 5.68. The Kier molecular flexibility index (Phi) is 6.81. The number of carbonyl (C=O) groups excluding carboxylic acids is 2. The number of hydrogen-bond acceptors (Lipinski definition) is 4. The van der Waals surface area contributed by atoms with Gasteiger partial charge in [-0.2, -0.15) is 0 Å². The van der Waals surface area contributed by atoms with E-state index in [2.05, 4.69) is 15.6 Å². The third-order valence-corrected chi connectivity index (χ3v) is 3.06. The highest BCUT2D eigenvalue weighted by molar-refractivity contribution is 5.88. The molecule has 0 spiro atoms. The molecule has 6 heteroatoms. The molecule has 2 unspecified atom stereocenters. The number of hydrogen-bond donors (Lipinski definition) is 2. The summed E-state index contributed by atoms with van der Waals surface area (Å²) in [5.74, 6) is -0.647. The van der Waals surface area contributed by atoms with Crippen LogP contribution in [0.4, 0.5) is 0 Å². The minimum atomic E-state index is -0.721. The normalized spacial score (nSPS) is 13.6. The second-order valence-corrected chi connectivity index (χ2v) is 5.13. The van der Waals surface area contributed by atoms with Crippen LogP contribution in [0.1, 0.15) is 26.3 Å². The molecule has 1 aromatic rings. The van der Waals surface area contributed by atoms with Crippen LogP contribution in [0.5, 0.6) is 0 Å². The smallest absolute Gasteiger partial charge is 0.245 e. The van der Waals surface area contributed by atoms with Crippen molar-refractivity contribution in [1.82, 2.24) is 15.6 Å². The summed E-state index contributed by atoms with van der Waals surface area (Å²) >= 11 is 0. The Labute approximate surface area is 125 Å². The predicted octanol–water partition coefficient (Wildman–Crippen LogP) is 0.873. The fraction of sp³-hybridized carbons (Fsp3) is 0.533. The van der Waals surface area contributed by atoms with Crippen molar-refractivity contribution in [2.24, 2.45) is 5.92 Å². The number of pyridine rings is 1. The number of ether oxygens (including phenoxy) is 1. The van der Waals surface area contributed by atoms with Crippen molar-refractivity contribution in [1.29, 1.82) is 0 Å². The lowest BCUT2D eigenvalue weighted by atomic mass is 10.1. The molecule has 1 rings (SSSR count). The van der Waals surface area contributed by atoms with Crippen LogP contribution in [0, 0.1) is 5.92 Å². The van der Waals surface area contributed by atoms with Gasteiger partial charge >= 0.3 is 0 Å². The molecule has 2 N–H and O–H groups in total. The van der Waals surface area contributed by atoms with Gasteiger partial charge in [-0.3, -0.25) is 14.6 Å². The van der Waals surface area contributed by atoms with Crippen LogP contribution in [0.3, 0.4) is 0 Å². The van der Waals surface area contributed by atoms with Crippen molar-refractivity contribution >= 4 is 11.8 Å². The lowest BCUT2D eigenvalue weighted by molar-refractivity contribution is -0.134. The molecule has 0 aliphatic heterocycles. The Hall–Kier alpha value is -1.95. The van der Waals surface area contributed by atoms with Crippen LogP contribution >= 0.6 is 0 Å². The summed E-state index contributed by atoms with van der Waals surface area (Å²) in [6.45, 7) is 5.64. The van der Waals surface area contributed by atoms with Crippen molar-refractivity contribution in [2.75, 3.05) is 7.05 Å². The average Bonchev–Trinajstić information content (AvgIpc) is 2.50. The highest BCUT2D eigenvalue weighted by Crippen LogP contribution is 2.06. The van der Waals surface area contributed by atoms with Crippen molar-refractivity contribution in [3.8, 4) is 0 Å². The topological polar surface area (TPSA) is 80.3 Å². The van der Waals surface area contributed by atoms with E-state index < -0.39 is 12.1 Å². The third-order valence-electron chi connectivity index (χ3n) is 3.06. The second-order valence-electron chi connectivity index (χ2n) is 5.13. The van der Waals surface area contributed by atoms with Crippen LogP contribution in [-0.2, 0) is 20.9 Å². The molecule has 1 heterocycles. The van der Waals surface area contributed by atoms with E-state index in [1.165, 1.54) is 7.05 Å². The molecule has 0 saturated carbocycles. The van der Waals surface area contributed by atoms with Gasteiger partial charge in [0.25, 0.3) is 0 Å². The first kappa shape index (κ1) is 17.1. The predicted molar refractivity (Wildman–Crippen MR) is 79.3 cm³/mol. The maximum Gasteiger partial charge on any atom is 0.245 e. The van der Waals surface area contributed by atoms with Gasteiger partial charge in [0, 0.05) is 25.4 Å². The first-order valence-electron chi connectivity index (χ1n) is 6.98. The summed E-state index contributed by atoms with van der Waals surface area (Å²) in [7, 11) is 1.53. The SMILES string of the molecule is CNC(=O)C(NC(=O)C(C)C)C(C)OCc1cccnc1. The molecule has 0 radical (unpaired) electrons. The Bertz CT molecular complexity index is 462. The molecule has 0 saturated heterocycles. The van der Waals surface area contributed by atoms with Gasteiger partial charge in [0.15, 0.2) is 0 Å². The molecular formula is C15H23N3O3. The van der Waals surface area contributed by atoms with Crippen LogP contribution in [0.2, 0.25) is 0 Å². The highest BCUT2D eigenvalue weighted by atomic mass is 16.5. The minimum Gasteiger partial charge on any atom is -0.371 e. The lowest BCUT2D eigenvalue weighted by Crippen LogP contribution is -2.53. The van der Waals surface area contributed by atoms with Gasteiger partial charge in [-0.1, -0.05) is 19.9 Å². The number of carbonyl (C=O) groups is 2. The zero-order valence-electron chi connectivity index (χ0n) is 12.9. The van der Waals surface area contributed by atoms with E-state index in [4.69, 9.17) is 4.74 Å². The maximum absolute atomic E-state index is 11.9. The fourth-order valence-corrected chi connectivity index (χ4v) is 1.68. The zero-order valence-corrected chi connectivity index (χ0v) is 12.9. The molecule has 0 bridgehead atoms. The van der Waals surface area contributed by atoms with Crippen LogP contribution < -0.4 is 10.6 Å². The van der Waals surface area contributed by atoms with Gasteiger partial charge in [-0.15, -0.1) is 0 Å². The van der Waals surface area contributed by atoms with Crippen LogP contribution in [-0.4, -0.2) is 36.0 Å². The largest absolute Gasteiger partial charge is 0.371 e. The molecule has 0 aromatic carbocycles. The molecule has 2 atom stereocenters. The fourth-order valence-electron chi connectivity index (χ4n) is 1.68. The van der Waals surface area contributed by atoms with Gasteiger partial charge in [0.2, 0.25) is 11.8 Å². The van der Waals surface area contributed by atoms with Gasteiger partial charge in [-0.25, -0.2) is 0 Å². The van der Waals surface area contributed by atoms with Crippen LogP contribution in [0.15, 0.2) is 24.5 Å². The Balaban J connectivity index is 2.64. The molecule has 0 aliphatic rings. The number of likely N-dealkylation sites (N-methyl/N-ethyl adjacent to an activating group) is 1.